The summed E-state index contributed by atoms with van der Waals surface area (Å²) in [6.07, 6.45) is 2.09. The molecule has 4 atom stereocenters. The molecule has 0 amide bonds. The Morgan fingerprint density at radius 3 is 2.89 bits per heavy atom. The third-order valence-electron chi connectivity index (χ3n) is 4.69. The molecule has 18 heavy (non-hydrogen) atoms. The van der Waals surface area contributed by atoms with Crippen molar-refractivity contribution in [2.24, 2.45) is 5.92 Å². The topological polar surface area (TPSA) is 35.5 Å². The molecule has 0 unspecified atom stereocenters. The van der Waals surface area contributed by atoms with Gasteiger partial charge in [-0.3, -0.25) is 4.79 Å². The van der Waals surface area contributed by atoms with Crippen LogP contribution in [0, 0.1) is 5.92 Å². The van der Waals surface area contributed by atoms with Gasteiger partial charge in [-0.2, -0.15) is 0 Å². The predicted molar refractivity (Wildman–Crippen MR) is 65.1 cm³/mol. The summed E-state index contributed by atoms with van der Waals surface area (Å²) in [5.74, 6) is 0.562. The number of hydrogen-bond donors (Lipinski definition) is 0. The van der Waals surface area contributed by atoms with Gasteiger partial charge in [0.25, 0.3) is 0 Å². The number of carbonyl (C=O) groups is 1. The van der Waals surface area contributed by atoms with Crippen LogP contribution in [0.15, 0.2) is 30.3 Å². The van der Waals surface area contributed by atoms with Crippen LogP contribution in [0.1, 0.15) is 24.8 Å². The zero-order chi connectivity index (χ0) is 12.2. The summed E-state index contributed by atoms with van der Waals surface area (Å²) in [5.41, 5.74) is 0.932. The monoisotopic (exact) mass is 244 g/mol. The van der Waals surface area contributed by atoms with Gasteiger partial charge in [0.05, 0.1) is 6.10 Å². The first-order valence-electron chi connectivity index (χ1n) is 6.69. The first-order valence-corrected chi connectivity index (χ1v) is 6.69. The lowest BCUT2D eigenvalue weighted by atomic mass is 9.77. The van der Waals surface area contributed by atoms with E-state index in [0.29, 0.717) is 12.3 Å². The summed E-state index contributed by atoms with van der Waals surface area (Å²) >= 11 is 0. The molecule has 3 aliphatic heterocycles. The smallest absolute Gasteiger partial charge is 0.164 e. The fourth-order valence-corrected chi connectivity index (χ4v) is 3.88. The molecule has 4 rings (SSSR count). The van der Waals surface area contributed by atoms with Gasteiger partial charge in [0.1, 0.15) is 11.7 Å². The van der Waals surface area contributed by atoms with E-state index in [1.807, 2.05) is 18.2 Å². The van der Waals surface area contributed by atoms with E-state index in [-0.39, 0.29) is 23.6 Å². The summed E-state index contributed by atoms with van der Waals surface area (Å²) in [7, 11) is 0. The molecule has 1 aromatic rings. The zero-order valence-electron chi connectivity index (χ0n) is 10.2. The molecule has 0 N–H and O–H groups in total. The number of fused-ring (bicyclic) bond motifs is 5. The fourth-order valence-electron chi connectivity index (χ4n) is 3.88. The largest absolute Gasteiger partial charge is 0.375 e. The second-order valence-corrected chi connectivity index (χ2v) is 5.49. The van der Waals surface area contributed by atoms with Crippen molar-refractivity contribution < 1.29 is 14.3 Å². The van der Waals surface area contributed by atoms with Crippen LogP contribution < -0.4 is 0 Å². The summed E-state index contributed by atoms with van der Waals surface area (Å²) in [4.78, 5) is 12.0. The zero-order valence-corrected chi connectivity index (χ0v) is 10.2. The Balaban J connectivity index is 1.82. The molecule has 3 heteroatoms. The van der Waals surface area contributed by atoms with E-state index in [2.05, 4.69) is 12.1 Å². The standard InChI is InChI=1S/C15H16O3/c16-12-6-8-15(10-4-2-1-3-5-10)11-7-9-17-13(11)14(12)18-15/h1-5,11,13-14H,6-9H2/t11-,13+,14-,15-/m0/s1. The van der Waals surface area contributed by atoms with E-state index in [4.69, 9.17) is 9.47 Å². The van der Waals surface area contributed by atoms with E-state index in [0.717, 1.165) is 19.4 Å². The molecule has 3 nitrogen and oxygen atoms in total. The average Bonchev–Trinajstić information content (AvgIpc) is 2.98. The molecule has 0 aliphatic carbocycles. The SMILES string of the molecule is O=C1CC[C@@]2(c3ccccc3)O[C@@H]1[C@@H]1OCC[C@@H]12. The average molecular weight is 244 g/mol. The molecule has 2 bridgehead atoms. The molecule has 94 valence electrons. The summed E-state index contributed by atoms with van der Waals surface area (Å²) < 4.78 is 11.9. The minimum absolute atomic E-state index is 0.0137. The molecular weight excluding hydrogens is 228 g/mol. The molecule has 1 aromatic carbocycles. The lowest BCUT2D eigenvalue weighted by Gasteiger charge is -2.36. The first-order chi connectivity index (χ1) is 8.81. The summed E-state index contributed by atoms with van der Waals surface area (Å²) in [5, 5.41) is 0. The molecule has 3 aliphatic rings. The Labute approximate surface area is 106 Å². The van der Waals surface area contributed by atoms with Gasteiger partial charge in [0.15, 0.2) is 5.78 Å². The summed E-state index contributed by atoms with van der Waals surface area (Å²) in [6, 6.07) is 10.3. The van der Waals surface area contributed by atoms with Crippen LogP contribution >= 0.6 is 0 Å². The number of hydrogen-bond acceptors (Lipinski definition) is 3. The highest BCUT2D eigenvalue weighted by Gasteiger charge is 2.62. The van der Waals surface area contributed by atoms with E-state index in [9.17, 15) is 4.79 Å². The number of ether oxygens (including phenoxy) is 2. The van der Waals surface area contributed by atoms with Crippen molar-refractivity contribution in [3.05, 3.63) is 35.9 Å². The van der Waals surface area contributed by atoms with E-state index in [1.165, 1.54) is 5.56 Å². The summed E-state index contributed by atoms with van der Waals surface area (Å²) in [6.45, 7) is 0.761. The maximum absolute atomic E-state index is 12.0. The molecule has 3 saturated heterocycles. The lowest BCUT2D eigenvalue weighted by molar-refractivity contribution is -0.155. The van der Waals surface area contributed by atoms with Crippen LogP contribution in [0.5, 0.6) is 0 Å². The van der Waals surface area contributed by atoms with Crippen LogP contribution in [0.25, 0.3) is 0 Å². The van der Waals surface area contributed by atoms with Crippen molar-refractivity contribution in [3.63, 3.8) is 0 Å². The van der Waals surface area contributed by atoms with Gasteiger partial charge in [-0.25, -0.2) is 0 Å². The number of Topliss-reactive ketones (excluding diaryl/α,β-unsaturated/α-hetero) is 1. The minimum Gasteiger partial charge on any atom is -0.375 e. The maximum Gasteiger partial charge on any atom is 0.164 e. The van der Waals surface area contributed by atoms with Gasteiger partial charge in [0, 0.05) is 18.9 Å². The number of rotatable bonds is 1. The Hall–Kier alpha value is -1.19. The molecule has 0 saturated carbocycles. The molecule has 3 fully saturated rings. The van der Waals surface area contributed by atoms with Crippen molar-refractivity contribution in [2.45, 2.75) is 37.1 Å². The lowest BCUT2D eigenvalue weighted by Crippen LogP contribution is -2.39. The van der Waals surface area contributed by atoms with E-state index >= 15 is 0 Å². The normalized spacial score (nSPS) is 42.0. The molecule has 3 heterocycles. The van der Waals surface area contributed by atoms with Gasteiger partial charge in [-0.15, -0.1) is 0 Å². The van der Waals surface area contributed by atoms with E-state index in [1.54, 1.807) is 0 Å². The molecular formula is C15H16O3. The van der Waals surface area contributed by atoms with Crippen molar-refractivity contribution in [3.8, 4) is 0 Å². The van der Waals surface area contributed by atoms with Crippen molar-refractivity contribution >= 4 is 5.78 Å². The molecule has 0 radical (unpaired) electrons. The highest BCUT2D eigenvalue weighted by atomic mass is 16.6. The van der Waals surface area contributed by atoms with Crippen molar-refractivity contribution in [1.82, 2.24) is 0 Å². The van der Waals surface area contributed by atoms with Crippen LogP contribution in [0.3, 0.4) is 0 Å². The highest BCUT2D eigenvalue weighted by Crippen LogP contribution is 2.55. The van der Waals surface area contributed by atoms with Gasteiger partial charge in [0.2, 0.25) is 0 Å². The van der Waals surface area contributed by atoms with Gasteiger partial charge < -0.3 is 9.47 Å². The van der Waals surface area contributed by atoms with Gasteiger partial charge in [-0.1, -0.05) is 30.3 Å². The molecule has 0 aromatic heterocycles. The van der Waals surface area contributed by atoms with Gasteiger partial charge >= 0.3 is 0 Å². The van der Waals surface area contributed by atoms with Crippen molar-refractivity contribution in [1.29, 1.82) is 0 Å². The van der Waals surface area contributed by atoms with Crippen LogP contribution in [-0.2, 0) is 19.9 Å². The Morgan fingerprint density at radius 2 is 2.06 bits per heavy atom. The Kier molecular flexibility index (Phi) is 2.17. The Bertz CT molecular complexity index is 484. The number of benzene rings is 1. The first kappa shape index (κ1) is 10.7. The van der Waals surface area contributed by atoms with Crippen LogP contribution in [0.4, 0.5) is 0 Å². The second kappa shape index (κ2) is 3.65. The maximum atomic E-state index is 12.0. The molecule has 0 spiro atoms. The number of ketones is 1. The number of carbonyl (C=O) groups excluding carboxylic acids is 1. The van der Waals surface area contributed by atoms with Crippen molar-refractivity contribution in [2.75, 3.05) is 6.61 Å². The fraction of sp³-hybridized carbons (Fsp3) is 0.533. The third-order valence-corrected chi connectivity index (χ3v) is 4.69. The van der Waals surface area contributed by atoms with E-state index < -0.39 is 0 Å². The third kappa shape index (κ3) is 1.24. The predicted octanol–water partition coefficient (Wildman–Crippen LogP) is 2.05. The Morgan fingerprint density at radius 1 is 1.22 bits per heavy atom. The minimum atomic E-state index is -0.327. The van der Waals surface area contributed by atoms with Crippen LogP contribution in [0.2, 0.25) is 0 Å². The van der Waals surface area contributed by atoms with Crippen LogP contribution in [-0.4, -0.2) is 24.6 Å². The quantitative estimate of drug-likeness (QED) is 0.758. The highest BCUT2D eigenvalue weighted by molar-refractivity contribution is 5.85. The second-order valence-electron chi connectivity index (χ2n) is 5.49. The van der Waals surface area contributed by atoms with Gasteiger partial charge in [-0.05, 0) is 18.4 Å².